The highest BCUT2D eigenvalue weighted by atomic mass is 16.3. The molecule has 0 atom stereocenters. The molecule has 11 rings (SSSR count). The molecule has 10 aromatic carbocycles. The molecule has 0 fully saturated rings. The second-order valence-electron chi connectivity index (χ2n) is 15.3. The lowest BCUT2D eigenvalue weighted by Gasteiger charge is -2.29. The number of fused-ring (bicyclic) bond motifs is 5. The zero-order chi connectivity index (χ0) is 39.8. The van der Waals surface area contributed by atoms with Crippen molar-refractivity contribution in [2.45, 2.75) is 0 Å². The Hall–Kier alpha value is -7.94. The highest BCUT2D eigenvalue weighted by molar-refractivity contribution is 6.22. The van der Waals surface area contributed by atoms with Gasteiger partial charge in [-0.15, -0.1) is 0 Å². The Bertz CT molecular complexity index is 3260. The van der Waals surface area contributed by atoms with Gasteiger partial charge >= 0.3 is 0 Å². The van der Waals surface area contributed by atoms with Crippen molar-refractivity contribution in [3.05, 3.63) is 237 Å². The van der Waals surface area contributed by atoms with Crippen LogP contribution in [0.4, 0.5) is 17.1 Å². The third-order valence-corrected chi connectivity index (χ3v) is 11.7. The summed E-state index contributed by atoms with van der Waals surface area (Å²) in [6, 6.07) is 84.8. The van der Waals surface area contributed by atoms with Crippen molar-refractivity contribution in [1.82, 2.24) is 0 Å². The maximum absolute atomic E-state index is 6.90. The molecule has 0 saturated heterocycles. The number of anilines is 3. The summed E-state index contributed by atoms with van der Waals surface area (Å²) in [6.45, 7) is 0. The van der Waals surface area contributed by atoms with Gasteiger partial charge in [-0.05, 0) is 97.9 Å². The van der Waals surface area contributed by atoms with E-state index in [2.05, 4.69) is 241 Å². The standard InChI is InChI=1S/C58H39NO/c1-4-14-40(15-5-1)42-24-26-43(27-25-42)45-30-35-49(36-31-45)59(48-33-28-44(29-34-48)41-16-6-2-7-17-41)57-53(52-23-13-12-21-50(52)46-18-8-3-9-19-46)38-39-55-56(57)54-37-32-47-20-10-11-22-51(47)58(54)60-55/h1-39H. The lowest BCUT2D eigenvalue weighted by molar-refractivity contribution is 0.673. The molecule has 1 aromatic heterocycles. The summed E-state index contributed by atoms with van der Waals surface area (Å²) in [5, 5.41) is 4.41. The Labute approximate surface area is 349 Å². The molecule has 1 heterocycles. The number of benzene rings is 10. The Morgan fingerprint density at radius 1 is 0.283 bits per heavy atom. The van der Waals surface area contributed by atoms with E-state index in [1.807, 2.05) is 0 Å². The van der Waals surface area contributed by atoms with Crippen LogP contribution in [0.15, 0.2) is 241 Å². The van der Waals surface area contributed by atoms with E-state index < -0.39 is 0 Å². The van der Waals surface area contributed by atoms with Gasteiger partial charge in [0.1, 0.15) is 11.2 Å². The van der Waals surface area contributed by atoms with Crippen molar-refractivity contribution in [1.29, 1.82) is 0 Å². The molecule has 0 unspecified atom stereocenters. The molecule has 0 radical (unpaired) electrons. The molecule has 11 aromatic rings. The van der Waals surface area contributed by atoms with E-state index in [0.717, 1.165) is 66.5 Å². The topological polar surface area (TPSA) is 16.4 Å². The summed E-state index contributed by atoms with van der Waals surface area (Å²) in [5.74, 6) is 0. The summed E-state index contributed by atoms with van der Waals surface area (Å²) in [5.41, 5.74) is 16.6. The third-order valence-electron chi connectivity index (χ3n) is 11.7. The Balaban J connectivity index is 1.15. The average molecular weight is 766 g/mol. The normalized spacial score (nSPS) is 11.3. The smallest absolute Gasteiger partial charge is 0.143 e. The summed E-state index contributed by atoms with van der Waals surface area (Å²) < 4.78 is 6.90. The van der Waals surface area contributed by atoms with Crippen molar-refractivity contribution < 1.29 is 4.42 Å². The average Bonchev–Trinajstić information content (AvgIpc) is 3.73. The minimum Gasteiger partial charge on any atom is -0.455 e. The number of hydrogen-bond acceptors (Lipinski definition) is 2. The van der Waals surface area contributed by atoms with Crippen molar-refractivity contribution in [2.75, 3.05) is 4.90 Å². The Kier molecular flexibility index (Phi) is 8.87. The van der Waals surface area contributed by atoms with E-state index in [4.69, 9.17) is 4.42 Å². The van der Waals surface area contributed by atoms with Gasteiger partial charge in [0, 0.05) is 27.7 Å². The van der Waals surface area contributed by atoms with Gasteiger partial charge in [0.15, 0.2) is 0 Å². The Morgan fingerprint density at radius 2 is 0.733 bits per heavy atom. The van der Waals surface area contributed by atoms with Crippen molar-refractivity contribution in [3.63, 3.8) is 0 Å². The summed E-state index contributed by atoms with van der Waals surface area (Å²) in [4.78, 5) is 2.43. The SMILES string of the molecule is c1ccc(-c2ccc(-c3ccc(N(c4ccc(-c5ccccc5)cc4)c4c(-c5ccccc5-c5ccccc5)ccc5oc6c7ccccc7ccc6c45)cc3)cc2)cc1. The molecule has 2 heteroatoms. The molecule has 282 valence electrons. The molecular weight excluding hydrogens is 727 g/mol. The van der Waals surface area contributed by atoms with E-state index in [1.54, 1.807) is 0 Å². The quantitative estimate of drug-likeness (QED) is 0.153. The highest BCUT2D eigenvalue weighted by Gasteiger charge is 2.26. The summed E-state index contributed by atoms with van der Waals surface area (Å²) in [7, 11) is 0. The minimum absolute atomic E-state index is 0.846. The summed E-state index contributed by atoms with van der Waals surface area (Å²) >= 11 is 0. The third kappa shape index (κ3) is 6.32. The van der Waals surface area contributed by atoms with Crippen molar-refractivity contribution in [2.24, 2.45) is 0 Å². The number of hydrogen-bond donors (Lipinski definition) is 0. The first-order valence-corrected chi connectivity index (χ1v) is 20.5. The molecule has 0 spiro atoms. The van der Waals surface area contributed by atoms with Crippen LogP contribution in [0.1, 0.15) is 0 Å². The van der Waals surface area contributed by atoms with Crippen LogP contribution in [-0.2, 0) is 0 Å². The van der Waals surface area contributed by atoms with Crippen molar-refractivity contribution in [3.8, 4) is 55.6 Å². The lowest BCUT2D eigenvalue weighted by Crippen LogP contribution is -2.12. The van der Waals surface area contributed by atoms with Gasteiger partial charge in [-0.1, -0.05) is 194 Å². The molecule has 0 N–H and O–H groups in total. The molecule has 0 aliphatic carbocycles. The van der Waals surface area contributed by atoms with Crippen LogP contribution in [0.25, 0.3) is 88.3 Å². The first kappa shape index (κ1) is 35.2. The van der Waals surface area contributed by atoms with Crippen LogP contribution in [0, 0.1) is 0 Å². The van der Waals surface area contributed by atoms with Gasteiger partial charge in [-0.2, -0.15) is 0 Å². The van der Waals surface area contributed by atoms with E-state index in [1.165, 1.54) is 38.9 Å². The van der Waals surface area contributed by atoms with E-state index in [0.29, 0.717) is 0 Å². The van der Waals surface area contributed by atoms with Crippen LogP contribution >= 0.6 is 0 Å². The second-order valence-corrected chi connectivity index (χ2v) is 15.3. The van der Waals surface area contributed by atoms with Gasteiger partial charge in [-0.25, -0.2) is 0 Å². The van der Waals surface area contributed by atoms with Gasteiger partial charge in [0.05, 0.1) is 11.1 Å². The fourth-order valence-corrected chi connectivity index (χ4v) is 8.74. The molecule has 0 bridgehead atoms. The predicted molar refractivity (Wildman–Crippen MR) is 253 cm³/mol. The molecule has 2 nitrogen and oxygen atoms in total. The first-order valence-electron chi connectivity index (χ1n) is 20.5. The number of furan rings is 1. The maximum atomic E-state index is 6.90. The zero-order valence-corrected chi connectivity index (χ0v) is 32.9. The lowest BCUT2D eigenvalue weighted by atomic mass is 9.91. The molecule has 0 amide bonds. The molecule has 0 aliphatic heterocycles. The predicted octanol–water partition coefficient (Wildman–Crippen LogP) is 16.5. The second kappa shape index (κ2) is 15.1. The van der Waals surface area contributed by atoms with E-state index >= 15 is 0 Å². The largest absolute Gasteiger partial charge is 0.455 e. The van der Waals surface area contributed by atoms with Gasteiger partial charge in [-0.3, -0.25) is 0 Å². The van der Waals surface area contributed by atoms with Gasteiger partial charge in [0.2, 0.25) is 0 Å². The number of rotatable bonds is 8. The van der Waals surface area contributed by atoms with Crippen LogP contribution in [0.3, 0.4) is 0 Å². The monoisotopic (exact) mass is 765 g/mol. The molecule has 0 saturated carbocycles. The fraction of sp³-hybridized carbons (Fsp3) is 0. The van der Waals surface area contributed by atoms with Gasteiger partial charge in [0.25, 0.3) is 0 Å². The number of nitrogens with zero attached hydrogens (tertiary/aromatic N) is 1. The zero-order valence-electron chi connectivity index (χ0n) is 32.9. The van der Waals surface area contributed by atoms with Crippen LogP contribution in [0.5, 0.6) is 0 Å². The summed E-state index contributed by atoms with van der Waals surface area (Å²) in [6.07, 6.45) is 0. The fourth-order valence-electron chi connectivity index (χ4n) is 8.74. The van der Waals surface area contributed by atoms with Crippen LogP contribution < -0.4 is 4.90 Å². The van der Waals surface area contributed by atoms with Crippen LogP contribution in [-0.4, -0.2) is 0 Å². The highest BCUT2D eigenvalue weighted by Crippen LogP contribution is 2.50. The van der Waals surface area contributed by atoms with Crippen LogP contribution in [0.2, 0.25) is 0 Å². The van der Waals surface area contributed by atoms with Gasteiger partial charge < -0.3 is 9.32 Å². The van der Waals surface area contributed by atoms with E-state index in [-0.39, 0.29) is 0 Å². The Morgan fingerprint density at radius 3 is 1.30 bits per heavy atom. The molecular formula is C58H39NO. The molecule has 60 heavy (non-hydrogen) atoms. The van der Waals surface area contributed by atoms with Crippen molar-refractivity contribution >= 4 is 49.8 Å². The van der Waals surface area contributed by atoms with E-state index in [9.17, 15) is 0 Å². The minimum atomic E-state index is 0.846. The maximum Gasteiger partial charge on any atom is 0.143 e. The first-order chi connectivity index (χ1) is 29.8. The molecule has 0 aliphatic rings.